The van der Waals surface area contributed by atoms with Crippen LogP contribution in [0.4, 0.5) is 5.69 Å². The first-order valence-corrected chi connectivity index (χ1v) is 6.64. The maximum Gasteiger partial charge on any atom is 0.263 e. The van der Waals surface area contributed by atoms with Gasteiger partial charge in [-0.25, -0.2) is 12.7 Å². The van der Waals surface area contributed by atoms with Gasteiger partial charge in [0.1, 0.15) is 0 Å². The van der Waals surface area contributed by atoms with Crippen molar-refractivity contribution in [1.29, 1.82) is 0 Å². The maximum absolute atomic E-state index is 12.0. The van der Waals surface area contributed by atoms with Gasteiger partial charge in [0.2, 0.25) is 0 Å². The van der Waals surface area contributed by atoms with Crippen molar-refractivity contribution in [3.05, 3.63) is 29.8 Å². The highest BCUT2D eigenvalue weighted by molar-refractivity contribution is 7.98. The van der Waals surface area contributed by atoms with Crippen LogP contribution in [0.25, 0.3) is 0 Å². The fourth-order valence-corrected chi connectivity index (χ4v) is 3.19. The molecule has 17 heavy (non-hydrogen) atoms. The Hall–Kier alpha value is -1.40. The van der Waals surface area contributed by atoms with Crippen molar-refractivity contribution in [1.82, 2.24) is 0 Å². The van der Waals surface area contributed by atoms with E-state index in [4.69, 9.17) is 5.73 Å². The third-order valence-corrected chi connectivity index (χ3v) is 5.29. The number of nitrogens with zero attached hydrogens (tertiary/aromatic N) is 1. The van der Waals surface area contributed by atoms with Gasteiger partial charge in [0, 0.05) is 6.54 Å². The Morgan fingerprint density at radius 1 is 1.35 bits per heavy atom. The van der Waals surface area contributed by atoms with Gasteiger partial charge >= 0.3 is 0 Å². The first-order valence-electron chi connectivity index (χ1n) is 5.20. The number of rotatable bonds is 2. The summed E-state index contributed by atoms with van der Waals surface area (Å²) in [6.07, 6.45) is 0. The number of sulfonamides is 1. The monoisotopic (exact) mass is 254 g/mol. The van der Waals surface area contributed by atoms with Crippen molar-refractivity contribution < 1.29 is 13.2 Å². The molecule has 0 spiro atoms. The number of carbonyl (C=O) groups excluding carboxylic acids is 1. The summed E-state index contributed by atoms with van der Waals surface area (Å²) in [5, 5.41) is 0. The minimum Gasteiger partial charge on any atom is -0.326 e. The van der Waals surface area contributed by atoms with Crippen LogP contribution in [-0.2, 0) is 21.4 Å². The van der Waals surface area contributed by atoms with Crippen LogP contribution in [0.5, 0.6) is 0 Å². The van der Waals surface area contributed by atoms with Crippen molar-refractivity contribution in [2.75, 3.05) is 4.31 Å². The second-order valence-corrected chi connectivity index (χ2v) is 6.79. The van der Waals surface area contributed by atoms with Crippen LogP contribution < -0.4 is 10.0 Å². The molecule has 1 aromatic carbocycles. The molecule has 0 aliphatic carbocycles. The van der Waals surface area contributed by atoms with Gasteiger partial charge in [0.25, 0.3) is 15.9 Å². The zero-order valence-electron chi connectivity index (χ0n) is 9.67. The Morgan fingerprint density at radius 3 is 2.53 bits per heavy atom. The third kappa shape index (κ3) is 1.48. The van der Waals surface area contributed by atoms with Crippen molar-refractivity contribution in [3.8, 4) is 0 Å². The highest BCUT2D eigenvalue weighted by atomic mass is 32.2. The highest BCUT2D eigenvalue weighted by Crippen LogP contribution is 2.39. The summed E-state index contributed by atoms with van der Waals surface area (Å²) in [7, 11) is -3.58. The molecule has 0 unspecified atom stereocenters. The van der Waals surface area contributed by atoms with Gasteiger partial charge in [-0.15, -0.1) is 0 Å². The molecule has 92 valence electrons. The molecule has 1 fully saturated rings. The number of hydrogen-bond donors (Lipinski definition) is 1. The molecule has 1 amide bonds. The molecule has 1 heterocycles. The van der Waals surface area contributed by atoms with Crippen LogP contribution in [0.2, 0.25) is 0 Å². The Kier molecular flexibility index (Phi) is 2.52. The van der Waals surface area contributed by atoms with Crippen LogP contribution in [0.3, 0.4) is 0 Å². The zero-order chi connectivity index (χ0) is 12.8. The molecule has 0 bridgehead atoms. The molecular weight excluding hydrogens is 240 g/mol. The van der Waals surface area contributed by atoms with Gasteiger partial charge in [-0.05, 0) is 31.5 Å². The van der Waals surface area contributed by atoms with Gasteiger partial charge in [0.15, 0.2) is 4.75 Å². The van der Waals surface area contributed by atoms with E-state index in [2.05, 4.69) is 0 Å². The molecule has 2 rings (SSSR count). The second-order valence-electron chi connectivity index (χ2n) is 4.46. The van der Waals surface area contributed by atoms with Crippen LogP contribution in [0.15, 0.2) is 24.3 Å². The predicted molar refractivity (Wildman–Crippen MR) is 64.8 cm³/mol. The number of amides is 1. The summed E-state index contributed by atoms with van der Waals surface area (Å²) in [4.78, 5) is 11.8. The molecular formula is C11H14N2O3S. The minimum absolute atomic E-state index is 0.305. The van der Waals surface area contributed by atoms with Crippen LogP contribution in [0.1, 0.15) is 19.4 Å². The smallest absolute Gasteiger partial charge is 0.263 e. The lowest BCUT2D eigenvalue weighted by Crippen LogP contribution is -2.67. The van der Waals surface area contributed by atoms with E-state index >= 15 is 0 Å². The van der Waals surface area contributed by atoms with Crippen molar-refractivity contribution in [2.45, 2.75) is 25.1 Å². The Bertz CT molecular complexity index is 578. The fraction of sp³-hybridized carbons (Fsp3) is 0.364. The summed E-state index contributed by atoms with van der Waals surface area (Å²) in [5.41, 5.74) is 6.63. The van der Waals surface area contributed by atoms with E-state index in [-0.39, 0.29) is 0 Å². The lowest BCUT2D eigenvalue weighted by atomic mass is 10.1. The number of benzene rings is 1. The summed E-state index contributed by atoms with van der Waals surface area (Å²) < 4.78 is 23.4. The molecule has 1 aliphatic heterocycles. The van der Waals surface area contributed by atoms with Crippen molar-refractivity contribution >= 4 is 21.6 Å². The maximum atomic E-state index is 12.0. The molecule has 2 N–H and O–H groups in total. The summed E-state index contributed by atoms with van der Waals surface area (Å²) in [6.45, 7) is 3.13. The summed E-state index contributed by atoms with van der Waals surface area (Å²) in [5.74, 6) is -0.410. The molecule has 0 aromatic heterocycles. The number of nitrogens with two attached hydrogens (primary N) is 1. The molecule has 0 atom stereocenters. The molecule has 1 saturated heterocycles. The average Bonchev–Trinajstić information content (AvgIpc) is 2.29. The second kappa shape index (κ2) is 3.54. The van der Waals surface area contributed by atoms with E-state index in [1.54, 1.807) is 24.3 Å². The van der Waals surface area contributed by atoms with E-state index in [1.807, 2.05) is 0 Å². The van der Waals surface area contributed by atoms with Gasteiger partial charge < -0.3 is 5.73 Å². The van der Waals surface area contributed by atoms with Crippen molar-refractivity contribution in [3.63, 3.8) is 0 Å². The van der Waals surface area contributed by atoms with Crippen LogP contribution in [-0.4, -0.2) is 19.1 Å². The fourth-order valence-electron chi connectivity index (χ4n) is 1.72. The quantitative estimate of drug-likeness (QED) is 0.838. The Labute approximate surface area is 100 Å². The van der Waals surface area contributed by atoms with Crippen LogP contribution in [0, 0.1) is 0 Å². The number of carbonyl (C=O) groups is 1. The Balaban J connectivity index is 2.47. The highest BCUT2D eigenvalue weighted by Gasteiger charge is 2.60. The largest absolute Gasteiger partial charge is 0.326 e. The van der Waals surface area contributed by atoms with E-state index in [0.29, 0.717) is 12.2 Å². The summed E-state index contributed by atoms with van der Waals surface area (Å²) in [6, 6.07) is 6.67. The van der Waals surface area contributed by atoms with E-state index < -0.39 is 20.7 Å². The lowest BCUT2D eigenvalue weighted by Gasteiger charge is -2.42. The lowest BCUT2D eigenvalue weighted by molar-refractivity contribution is -0.120. The third-order valence-electron chi connectivity index (χ3n) is 2.97. The SMILES string of the molecule is CC1(C)C(=O)N(c2cccc(CN)c2)S1(=O)=O. The first-order chi connectivity index (χ1) is 7.82. The molecule has 6 heteroatoms. The molecule has 5 nitrogen and oxygen atoms in total. The summed E-state index contributed by atoms with van der Waals surface area (Å²) >= 11 is 0. The predicted octanol–water partition coefficient (Wildman–Crippen LogP) is 0.600. The molecule has 0 saturated carbocycles. The van der Waals surface area contributed by atoms with Crippen LogP contribution >= 0.6 is 0 Å². The number of anilines is 1. The Morgan fingerprint density at radius 2 is 2.00 bits per heavy atom. The van der Waals surface area contributed by atoms with E-state index in [1.165, 1.54) is 13.8 Å². The average molecular weight is 254 g/mol. The van der Waals surface area contributed by atoms with Gasteiger partial charge in [-0.3, -0.25) is 4.79 Å². The van der Waals surface area contributed by atoms with Gasteiger partial charge in [-0.1, -0.05) is 12.1 Å². The molecule has 0 radical (unpaired) electrons. The molecule has 1 aliphatic rings. The number of hydrogen-bond acceptors (Lipinski definition) is 4. The topological polar surface area (TPSA) is 80.5 Å². The van der Waals surface area contributed by atoms with E-state index in [0.717, 1.165) is 9.87 Å². The van der Waals surface area contributed by atoms with Gasteiger partial charge in [-0.2, -0.15) is 0 Å². The minimum atomic E-state index is -3.58. The zero-order valence-corrected chi connectivity index (χ0v) is 10.5. The standard InChI is InChI=1S/C11H14N2O3S/c1-11(2)10(14)13(17(11,15)16)9-5-3-4-8(6-9)7-12/h3-6H,7,12H2,1-2H3. The van der Waals surface area contributed by atoms with Gasteiger partial charge in [0.05, 0.1) is 5.69 Å². The molecule has 1 aromatic rings. The van der Waals surface area contributed by atoms with Crippen molar-refractivity contribution in [2.24, 2.45) is 5.73 Å². The normalized spacial score (nSPS) is 21.1. The van der Waals surface area contributed by atoms with E-state index in [9.17, 15) is 13.2 Å². The first kappa shape index (κ1) is 12.1.